The maximum Gasteiger partial charge on any atom is 0.241 e. The van der Waals surface area contributed by atoms with Crippen LogP contribution in [0.4, 0.5) is 5.69 Å². The molecule has 0 aliphatic carbocycles. The highest BCUT2D eigenvalue weighted by molar-refractivity contribution is 7.89. The number of amides is 1. The monoisotopic (exact) mass is 632 g/mol. The van der Waals surface area contributed by atoms with E-state index < -0.39 is 25.6 Å². The van der Waals surface area contributed by atoms with E-state index in [1.165, 1.54) is 10.6 Å². The second-order valence-corrected chi connectivity index (χ2v) is 16.8. The number of carbonyl (C=O) groups excluding carboxylic acids is 1. The summed E-state index contributed by atoms with van der Waals surface area (Å²) >= 11 is 0. The molecule has 2 saturated heterocycles. The first kappa shape index (κ1) is 33.6. The quantitative estimate of drug-likeness (QED) is 0.400. The number of hydrogen-bond acceptors (Lipinski definition) is 6. The minimum absolute atomic E-state index is 0.0889. The molecule has 2 aromatic rings. The third-order valence-electron chi connectivity index (χ3n) is 8.37. The summed E-state index contributed by atoms with van der Waals surface area (Å²) in [4.78, 5) is 18.3. The van der Waals surface area contributed by atoms with Crippen LogP contribution in [0.25, 0.3) is 0 Å². The summed E-state index contributed by atoms with van der Waals surface area (Å²) < 4.78 is 53.2. The zero-order valence-corrected chi connectivity index (χ0v) is 27.7. The summed E-state index contributed by atoms with van der Waals surface area (Å²) in [5, 5.41) is 0. The molecule has 0 spiro atoms. The molecule has 2 heterocycles. The Morgan fingerprint density at radius 2 is 1.49 bits per heavy atom. The maximum absolute atomic E-state index is 13.6. The zero-order chi connectivity index (χ0) is 31.3. The Morgan fingerprint density at radius 3 is 2.05 bits per heavy atom. The lowest BCUT2D eigenvalue weighted by Gasteiger charge is -2.34. The number of likely N-dealkylation sites (tertiary alicyclic amines) is 1. The van der Waals surface area contributed by atoms with Crippen LogP contribution in [0.1, 0.15) is 58.4 Å². The standard InChI is InChI=1S/C32H48N4O5S2/c1-32(2,3)33-43(40,41)30-13-11-26(12-14-30)25-27-15-21-34(22-16-27)19-8-20-36(29-9-6-5-7-10-29)31(37)28-17-23-35(24-18-28)42(4,38)39/h5-7,9-14,27-28,33H,8,15-25H2,1-4H3. The van der Waals surface area contributed by atoms with Crippen LogP contribution in [0.2, 0.25) is 0 Å². The van der Waals surface area contributed by atoms with E-state index in [4.69, 9.17) is 0 Å². The van der Waals surface area contributed by atoms with Crippen molar-refractivity contribution in [3.63, 3.8) is 0 Å². The van der Waals surface area contributed by atoms with E-state index in [9.17, 15) is 21.6 Å². The van der Waals surface area contributed by atoms with E-state index in [-0.39, 0.29) is 11.8 Å². The molecule has 4 rings (SSSR count). The van der Waals surface area contributed by atoms with Crippen molar-refractivity contribution in [1.29, 1.82) is 0 Å². The van der Waals surface area contributed by atoms with Crippen molar-refractivity contribution >= 4 is 31.6 Å². The maximum atomic E-state index is 13.6. The highest BCUT2D eigenvalue weighted by atomic mass is 32.2. The molecule has 2 aliphatic heterocycles. The van der Waals surface area contributed by atoms with Gasteiger partial charge >= 0.3 is 0 Å². The molecule has 1 N–H and O–H groups in total. The van der Waals surface area contributed by atoms with Gasteiger partial charge in [0.1, 0.15) is 0 Å². The molecule has 0 bridgehead atoms. The lowest BCUT2D eigenvalue weighted by atomic mass is 9.90. The number of para-hydroxylation sites is 1. The summed E-state index contributed by atoms with van der Waals surface area (Å²) in [6.07, 6.45) is 6.32. The lowest BCUT2D eigenvalue weighted by Crippen LogP contribution is -2.45. The van der Waals surface area contributed by atoms with E-state index in [1.54, 1.807) is 12.1 Å². The molecule has 0 atom stereocenters. The molecule has 2 aromatic carbocycles. The Morgan fingerprint density at radius 1 is 0.884 bits per heavy atom. The van der Waals surface area contributed by atoms with Crippen molar-refractivity contribution in [3.8, 4) is 0 Å². The Bertz CT molecular complexity index is 1410. The third kappa shape index (κ3) is 9.84. The predicted octanol–water partition coefficient (Wildman–Crippen LogP) is 4.11. The van der Waals surface area contributed by atoms with Gasteiger partial charge in [0.2, 0.25) is 26.0 Å². The lowest BCUT2D eigenvalue weighted by molar-refractivity contribution is -0.123. The number of benzene rings is 2. The molecule has 0 radical (unpaired) electrons. The van der Waals surface area contributed by atoms with Gasteiger partial charge in [0.15, 0.2) is 0 Å². The van der Waals surface area contributed by atoms with Crippen molar-refractivity contribution < 1.29 is 21.6 Å². The van der Waals surface area contributed by atoms with Crippen LogP contribution < -0.4 is 9.62 Å². The van der Waals surface area contributed by atoms with E-state index in [0.29, 0.717) is 43.3 Å². The molecule has 1 amide bonds. The number of rotatable bonds is 11. The van der Waals surface area contributed by atoms with Crippen LogP contribution in [0.5, 0.6) is 0 Å². The van der Waals surface area contributed by atoms with E-state index in [2.05, 4.69) is 9.62 Å². The van der Waals surface area contributed by atoms with Gasteiger partial charge in [0.25, 0.3) is 0 Å². The van der Waals surface area contributed by atoms with Crippen LogP contribution in [-0.2, 0) is 31.3 Å². The molecule has 0 aromatic heterocycles. The SMILES string of the molecule is CC(C)(C)NS(=O)(=O)c1ccc(CC2CCN(CCCN(C(=O)C3CCN(S(C)(=O)=O)CC3)c3ccccc3)CC2)cc1. The topological polar surface area (TPSA) is 107 Å². The molecule has 9 nitrogen and oxygen atoms in total. The van der Waals surface area contributed by atoms with Gasteiger partial charge in [-0.15, -0.1) is 0 Å². The van der Waals surface area contributed by atoms with Gasteiger partial charge < -0.3 is 9.80 Å². The predicted molar refractivity (Wildman–Crippen MR) is 172 cm³/mol. The van der Waals surface area contributed by atoms with Gasteiger partial charge in [-0.2, -0.15) is 0 Å². The fraction of sp³-hybridized carbons (Fsp3) is 0.594. The number of nitrogens with zero attached hydrogens (tertiary/aromatic N) is 3. The molecule has 11 heteroatoms. The van der Waals surface area contributed by atoms with Crippen molar-refractivity contribution in [3.05, 3.63) is 60.2 Å². The number of sulfonamides is 2. The number of nitrogens with one attached hydrogen (secondary N) is 1. The number of carbonyl (C=O) groups is 1. The van der Waals surface area contributed by atoms with Gasteiger partial charge in [0.05, 0.1) is 11.2 Å². The normalized spacial score (nSPS) is 18.5. The first-order chi connectivity index (χ1) is 20.2. The first-order valence-electron chi connectivity index (χ1n) is 15.4. The summed E-state index contributed by atoms with van der Waals surface area (Å²) in [5.74, 6) is 0.482. The largest absolute Gasteiger partial charge is 0.312 e. The van der Waals surface area contributed by atoms with Gasteiger partial charge in [-0.3, -0.25) is 4.79 Å². The van der Waals surface area contributed by atoms with Crippen LogP contribution in [0.3, 0.4) is 0 Å². The van der Waals surface area contributed by atoms with Crippen LogP contribution >= 0.6 is 0 Å². The molecule has 238 valence electrons. The van der Waals surface area contributed by atoms with Crippen LogP contribution in [-0.4, -0.2) is 83.0 Å². The minimum Gasteiger partial charge on any atom is -0.312 e. The summed E-state index contributed by atoms with van der Waals surface area (Å²) in [7, 11) is -6.76. The number of anilines is 1. The second kappa shape index (κ2) is 14.2. The van der Waals surface area contributed by atoms with Gasteiger partial charge in [-0.1, -0.05) is 30.3 Å². The van der Waals surface area contributed by atoms with Crippen LogP contribution in [0, 0.1) is 11.8 Å². The highest BCUT2D eigenvalue weighted by Gasteiger charge is 2.32. The Hall–Kier alpha value is -2.31. The van der Waals surface area contributed by atoms with E-state index >= 15 is 0 Å². The smallest absolute Gasteiger partial charge is 0.241 e. The Balaban J connectivity index is 1.25. The van der Waals surface area contributed by atoms with Gasteiger partial charge in [-0.05, 0) is 115 Å². The average Bonchev–Trinajstić information content (AvgIpc) is 2.95. The second-order valence-electron chi connectivity index (χ2n) is 13.1. The summed E-state index contributed by atoms with van der Waals surface area (Å²) in [5.41, 5.74) is 1.53. The molecule has 0 unspecified atom stereocenters. The Kier molecular flexibility index (Phi) is 11.1. The van der Waals surface area contributed by atoms with Gasteiger partial charge in [-0.25, -0.2) is 25.9 Å². The molecule has 43 heavy (non-hydrogen) atoms. The fourth-order valence-corrected chi connectivity index (χ4v) is 8.39. The first-order valence-corrected chi connectivity index (χ1v) is 18.7. The Labute approximate surface area is 258 Å². The highest BCUT2D eigenvalue weighted by Crippen LogP contribution is 2.26. The zero-order valence-electron chi connectivity index (χ0n) is 26.0. The van der Waals surface area contributed by atoms with E-state index in [0.717, 1.165) is 56.6 Å². The average molecular weight is 633 g/mol. The summed E-state index contributed by atoms with van der Waals surface area (Å²) in [6.45, 7) is 9.86. The number of hydrogen-bond donors (Lipinski definition) is 1. The van der Waals surface area contributed by atoms with Gasteiger partial charge in [0, 0.05) is 36.8 Å². The molecule has 2 fully saturated rings. The fourth-order valence-electron chi connectivity index (χ4n) is 6.10. The van der Waals surface area contributed by atoms with Crippen LogP contribution in [0.15, 0.2) is 59.5 Å². The van der Waals surface area contributed by atoms with Crippen molar-refractivity contribution in [2.45, 2.75) is 69.7 Å². The molecular weight excluding hydrogens is 585 g/mol. The molecular formula is C32H48N4O5S2. The minimum atomic E-state index is -3.53. The van der Waals surface area contributed by atoms with Crippen molar-refractivity contribution in [2.24, 2.45) is 11.8 Å². The van der Waals surface area contributed by atoms with E-state index in [1.807, 2.05) is 68.1 Å². The van der Waals surface area contributed by atoms with Crippen molar-refractivity contribution in [1.82, 2.24) is 13.9 Å². The molecule has 0 saturated carbocycles. The third-order valence-corrected chi connectivity index (χ3v) is 11.4. The van der Waals surface area contributed by atoms with Crippen molar-refractivity contribution in [2.75, 3.05) is 50.4 Å². The summed E-state index contributed by atoms with van der Waals surface area (Å²) in [6, 6.07) is 17.1. The number of piperidine rings is 2. The molecule has 2 aliphatic rings.